The first-order chi connectivity index (χ1) is 6.30. The number of nitrogens with one attached hydrogen (secondary N) is 1. The maximum Gasteiger partial charge on any atom is 0.418 e. The summed E-state index contributed by atoms with van der Waals surface area (Å²) in [5, 5.41) is 2.84. The van der Waals surface area contributed by atoms with Gasteiger partial charge in [0, 0.05) is 12.6 Å². The number of morpholine rings is 1. The summed E-state index contributed by atoms with van der Waals surface area (Å²) in [7, 11) is 0. The molecule has 14 heavy (non-hydrogen) atoms. The Hall–Kier alpha value is -0.290. The lowest BCUT2D eigenvalue weighted by molar-refractivity contribution is -0.295. The number of alkyl halides is 3. The Morgan fingerprint density at radius 2 is 2.07 bits per heavy atom. The van der Waals surface area contributed by atoms with Gasteiger partial charge in [-0.05, 0) is 20.3 Å². The lowest BCUT2D eigenvalue weighted by Gasteiger charge is -2.43. The molecular formula is C9H16F3NO. The molecule has 1 aliphatic rings. The van der Waals surface area contributed by atoms with Crippen molar-refractivity contribution in [3.05, 3.63) is 0 Å². The summed E-state index contributed by atoms with van der Waals surface area (Å²) in [6.45, 7) is 4.58. The van der Waals surface area contributed by atoms with Gasteiger partial charge in [-0.3, -0.25) is 0 Å². The second-order valence-electron chi connectivity index (χ2n) is 3.96. The number of rotatable bonds is 1. The lowest BCUT2D eigenvalue weighted by atomic mass is 9.99. The van der Waals surface area contributed by atoms with Gasteiger partial charge in [-0.15, -0.1) is 0 Å². The van der Waals surface area contributed by atoms with E-state index in [1.807, 2.05) is 13.8 Å². The highest BCUT2D eigenvalue weighted by Crippen LogP contribution is 2.36. The monoisotopic (exact) mass is 211 g/mol. The molecule has 84 valence electrons. The van der Waals surface area contributed by atoms with E-state index in [1.54, 1.807) is 0 Å². The van der Waals surface area contributed by atoms with Gasteiger partial charge in [0.25, 0.3) is 0 Å². The number of hydrogen-bond acceptors (Lipinski definition) is 2. The van der Waals surface area contributed by atoms with E-state index in [0.717, 1.165) is 6.92 Å². The molecule has 1 saturated heterocycles. The van der Waals surface area contributed by atoms with Gasteiger partial charge in [0.1, 0.15) is 0 Å². The van der Waals surface area contributed by atoms with Crippen molar-refractivity contribution in [2.24, 2.45) is 0 Å². The molecule has 0 spiro atoms. The molecule has 1 heterocycles. The van der Waals surface area contributed by atoms with Gasteiger partial charge in [-0.1, -0.05) is 6.92 Å². The standard InChI is InChI=1S/C9H16F3NO/c1-4-7-6(2)13-5-8(3,14-7)9(10,11)12/h6-7,13H,4-5H2,1-3H3. The van der Waals surface area contributed by atoms with E-state index in [-0.39, 0.29) is 18.7 Å². The smallest absolute Gasteiger partial charge is 0.360 e. The molecule has 0 amide bonds. The Morgan fingerprint density at radius 3 is 2.50 bits per heavy atom. The van der Waals surface area contributed by atoms with Gasteiger partial charge in [0.05, 0.1) is 6.10 Å². The zero-order valence-electron chi connectivity index (χ0n) is 8.61. The van der Waals surface area contributed by atoms with Gasteiger partial charge in [-0.25, -0.2) is 0 Å². The molecule has 0 aromatic heterocycles. The maximum atomic E-state index is 12.6. The summed E-state index contributed by atoms with van der Waals surface area (Å²) in [6.07, 6.45) is -4.09. The van der Waals surface area contributed by atoms with Crippen LogP contribution in [-0.2, 0) is 4.74 Å². The quantitative estimate of drug-likeness (QED) is 0.717. The zero-order valence-corrected chi connectivity index (χ0v) is 8.61. The Balaban J connectivity index is 2.75. The molecule has 1 fully saturated rings. The van der Waals surface area contributed by atoms with Gasteiger partial charge < -0.3 is 10.1 Å². The van der Waals surface area contributed by atoms with Crippen LogP contribution >= 0.6 is 0 Å². The average Bonchev–Trinajstić information content (AvgIpc) is 2.07. The normalized spacial score (nSPS) is 39.9. The van der Waals surface area contributed by atoms with Crippen LogP contribution < -0.4 is 5.32 Å². The fourth-order valence-corrected chi connectivity index (χ4v) is 1.57. The molecule has 3 unspecified atom stereocenters. The summed E-state index contributed by atoms with van der Waals surface area (Å²) in [4.78, 5) is 0. The highest BCUT2D eigenvalue weighted by atomic mass is 19.4. The van der Waals surface area contributed by atoms with Crippen molar-refractivity contribution >= 4 is 0 Å². The van der Waals surface area contributed by atoms with Crippen LogP contribution in [-0.4, -0.2) is 30.5 Å². The second-order valence-corrected chi connectivity index (χ2v) is 3.96. The van der Waals surface area contributed by atoms with Crippen LogP contribution in [0.3, 0.4) is 0 Å². The van der Waals surface area contributed by atoms with Crippen molar-refractivity contribution < 1.29 is 17.9 Å². The molecule has 0 bridgehead atoms. The minimum atomic E-state index is -4.31. The Labute approximate surface area is 81.8 Å². The van der Waals surface area contributed by atoms with E-state index in [0.29, 0.717) is 6.42 Å². The number of ether oxygens (including phenoxy) is 1. The molecule has 3 atom stereocenters. The molecule has 5 heteroatoms. The van der Waals surface area contributed by atoms with Crippen molar-refractivity contribution in [3.8, 4) is 0 Å². The molecule has 0 radical (unpaired) electrons. The van der Waals surface area contributed by atoms with E-state index >= 15 is 0 Å². The van der Waals surface area contributed by atoms with E-state index in [4.69, 9.17) is 4.74 Å². The highest BCUT2D eigenvalue weighted by molar-refractivity contribution is 4.94. The third kappa shape index (κ3) is 2.03. The van der Waals surface area contributed by atoms with Crippen LogP contribution in [0.1, 0.15) is 27.2 Å². The largest absolute Gasteiger partial charge is 0.418 e. The number of halogens is 3. The fourth-order valence-electron chi connectivity index (χ4n) is 1.57. The SMILES string of the molecule is CCC1OC(C)(C(F)(F)F)CNC1C. The summed E-state index contributed by atoms with van der Waals surface area (Å²) in [5.74, 6) is 0. The predicted molar refractivity (Wildman–Crippen MR) is 47.1 cm³/mol. The van der Waals surface area contributed by atoms with Gasteiger partial charge in [-0.2, -0.15) is 13.2 Å². The number of hydrogen-bond donors (Lipinski definition) is 1. The van der Waals surface area contributed by atoms with Crippen molar-refractivity contribution in [1.82, 2.24) is 5.32 Å². The third-order valence-electron chi connectivity index (χ3n) is 2.73. The van der Waals surface area contributed by atoms with Gasteiger partial charge in [0.2, 0.25) is 0 Å². The average molecular weight is 211 g/mol. The molecule has 1 rings (SSSR count). The first kappa shape index (κ1) is 11.8. The third-order valence-corrected chi connectivity index (χ3v) is 2.73. The van der Waals surface area contributed by atoms with E-state index in [2.05, 4.69) is 5.32 Å². The van der Waals surface area contributed by atoms with Crippen LogP contribution in [0.2, 0.25) is 0 Å². The maximum absolute atomic E-state index is 12.6. The molecule has 2 nitrogen and oxygen atoms in total. The fraction of sp³-hybridized carbons (Fsp3) is 1.00. The minimum absolute atomic E-state index is 0.0181. The molecule has 1 aliphatic heterocycles. The molecule has 0 saturated carbocycles. The van der Waals surface area contributed by atoms with E-state index in [1.165, 1.54) is 0 Å². The Kier molecular flexibility index (Phi) is 3.11. The molecule has 0 aromatic carbocycles. The van der Waals surface area contributed by atoms with Crippen LogP contribution in [0.5, 0.6) is 0 Å². The van der Waals surface area contributed by atoms with Crippen LogP contribution in [0, 0.1) is 0 Å². The molecule has 0 aromatic rings. The minimum Gasteiger partial charge on any atom is -0.360 e. The van der Waals surface area contributed by atoms with Crippen LogP contribution in [0.4, 0.5) is 13.2 Å². The first-order valence-corrected chi connectivity index (χ1v) is 4.78. The van der Waals surface area contributed by atoms with Crippen LogP contribution in [0.25, 0.3) is 0 Å². The lowest BCUT2D eigenvalue weighted by Crippen LogP contribution is -2.62. The summed E-state index contributed by atoms with van der Waals surface area (Å²) in [5.41, 5.74) is -2.04. The van der Waals surface area contributed by atoms with Gasteiger partial charge in [0.15, 0.2) is 5.60 Å². The molecule has 0 aliphatic carbocycles. The van der Waals surface area contributed by atoms with Crippen molar-refractivity contribution in [3.63, 3.8) is 0 Å². The van der Waals surface area contributed by atoms with E-state index in [9.17, 15) is 13.2 Å². The topological polar surface area (TPSA) is 21.3 Å². The van der Waals surface area contributed by atoms with Gasteiger partial charge >= 0.3 is 6.18 Å². The van der Waals surface area contributed by atoms with Crippen LogP contribution in [0.15, 0.2) is 0 Å². The first-order valence-electron chi connectivity index (χ1n) is 4.78. The van der Waals surface area contributed by atoms with Crippen molar-refractivity contribution in [2.75, 3.05) is 6.54 Å². The molecular weight excluding hydrogens is 195 g/mol. The Morgan fingerprint density at radius 1 is 1.50 bits per heavy atom. The summed E-state index contributed by atoms with van der Waals surface area (Å²) < 4.78 is 42.9. The second kappa shape index (κ2) is 3.70. The summed E-state index contributed by atoms with van der Waals surface area (Å²) >= 11 is 0. The Bertz CT molecular complexity index is 207. The highest BCUT2D eigenvalue weighted by Gasteiger charge is 2.55. The van der Waals surface area contributed by atoms with E-state index < -0.39 is 11.8 Å². The van der Waals surface area contributed by atoms with Crippen molar-refractivity contribution in [2.45, 2.75) is 51.1 Å². The predicted octanol–water partition coefficient (Wildman–Crippen LogP) is 2.09. The molecule has 1 N–H and O–H groups in total. The zero-order chi connectivity index (χ0) is 11.0. The summed E-state index contributed by atoms with van der Waals surface area (Å²) in [6, 6.07) is -0.0181. The van der Waals surface area contributed by atoms with Crippen molar-refractivity contribution in [1.29, 1.82) is 0 Å².